The quantitative estimate of drug-likeness (QED) is 0.0273. The summed E-state index contributed by atoms with van der Waals surface area (Å²) in [6, 6.07) is 0. The molecule has 0 saturated heterocycles. The molecule has 0 bridgehead atoms. The molecule has 0 aliphatic heterocycles. The Kier molecular flexibility index (Phi) is 35.2. The van der Waals surface area contributed by atoms with E-state index in [0.717, 1.165) is 51.4 Å². The normalized spacial score (nSPS) is 13.1. The molecule has 292 valence electrons. The summed E-state index contributed by atoms with van der Waals surface area (Å²) in [7, 11) is -3.84. The van der Waals surface area contributed by atoms with E-state index in [9.17, 15) is 9.36 Å². The maximum Gasteiger partial charge on any atom is 0.475 e. The van der Waals surface area contributed by atoms with Crippen molar-refractivity contribution in [2.75, 3.05) is 13.2 Å². The average molecular weight is 715 g/mol. The molecule has 0 spiro atoms. The SMILES string of the molecule is C=C(C)C(=O)OC(C)C(CCCCCCCCCCC)OP(=O)(OCCCCCCCCCCCC)OCCCCCCCCCCCC. The first-order valence-electron chi connectivity index (χ1n) is 21.2. The van der Waals surface area contributed by atoms with Gasteiger partial charge in [0.05, 0.1) is 13.2 Å². The fourth-order valence-corrected chi connectivity index (χ4v) is 7.68. The van der Waals surface area contributed by atoms with E-state index in [1.165, 1.54) is 135 Å². The van der Waals surface area contributed by atoms with Gasteiger partial charge in [0.2, 0.25) is 0 Å². The van der Waals surface area contributed by atoms with E-state index >= 15 is 0 Å². The number of phosphoric acid groups is 1. The number of hydrogen-bond acceptors (Lipinski definition) is 6. The standard InChI is InChI=1S/C42H83O6P/c1-7-10-13-16-19-22-25-28-31-34-37-45-49(44,46-38-35-32-29-26-23-20-17-14-11-8-2)48-41(40(6)47-42(43)39(4)5)36-33-30-27-24-21-18-15-12-9-3/h40-41H,4,7-38H2,1-3,5-6H3. The van der Waals surface area contributed by atoms with Gasteiger partial charge in [-0.1, -0.05) is 201 Å². The van der Waals surface area contributed by atoms with Crippen molar-refractivity contribution in [3.8, 4) is 0 Å². The van der Waals surface area contributed by atoms with Crippen molar-refractivity contribution in [1.29, 1.82) is 0 Å². The van der Waals surface area contributed by atoms with Gasteiger partial charge in [-0.25, -0.2) is 9.36 Å². The van der Waals surface area contributed by atoms with Crippen LogP contribution in [0.1, 0.15) is 227 Å². The van der Waals surface area contributed by atoms with E-state index in [1.807, 2.05) is 6.92 Å². The number of carbonyl (C=O) groups is 1. The molecule has 0 amide bonds. The summed E-state index contributed by atoms with van der Waals surface area (Å²) in [5.74, 6) is -0.458. The van der Waals surface area contributed by atoms with E-state index in [0.29, 0.717) is 25.2 Å². The van der Waals surface area contributed by atoms with E-state index in [4.69, 9.17) is 18.3 Å². The third kappa shape index (κ3) is 31.8. The van der Waals surface area contributed by atoms with Gasteiger partial charge in [0.25, 0.3) is 0 Å². The van der Waals surface area contributed by atoms with Gasteiger partial charge in [-0.15, -0.1) is 0 Å². The summed E-state index contributed by atoms with van der Waals surface area (Å²) in [6.07, 6.45) is 34.8. The molecule has 0 radical (unpaired) electrons. The molecular weight excluding hydrogens is 631 g/mol. The number of phosphoric ester groups is 1. The fourth-order valence-electron chi connectivity index (χ4n) is 6.17. The van der Waals surface area contributed by atoms with Crippen molar-refractivity contribution in [2.45, 2.75) is 239 Å². The molecule has 0 aromatic heterocycles. The van der Waals surface area contributed by atoms with Crippen molar-refractivity contribution < 1.29 is 27.7 Å². The van der Waals surface area contributed by atoms with Gasteiger partial charge in [0.15, 0.2) is 0 Å². The van der Waals surface area contributed by atoms with Crippen LogP contribution < -0.4 is 0 Å². The first-order chi connectivity index (χ1) is 23.8. The molecule has 0 aromatic rings. The van der Waals surface area contributed by atoms with Gasteiger partial charge in [-0.2, -0.15) is 0 Å². The Bertz CT molecular complexity index is 757. The minimum atomic E-state index is -3.84. The van der Waals surface area contributed by atoms with Crippen LogP contribution in [0.2, 0.25) is 0 Å². The van der Waals surface area contributed by atoms with Gasteiger partial charge in [0, 0.05) is 5.57 Å². The van der Waals surface area contributed by atoms with Crippen LogP contribution in [0, 0.1) is 0 Å². The smallest absolute Gasteiger partial charge is 0.457 e. The molecule has 0 saturated carbocycles. The van der Waals surface area contributed by atoms with Crippen LogP contribution in [0.5, 0.6) is 0 Å². The van der Waals surface area contributed by atoms with Crippen LogP contribution in [0.15, 0.2) is 12.2 Å². The highest BCUT2D eigenvalue weighted by Crippen LogP contribution is 2.52. The lowest BCUT2D eigenvalue weighted by atomic mass is 10.0. The molecule has 0 heterocycles. The second kappa shape index (κ2) is 35.7. The second-order valence-corrected chi connectivity index (χ2v) is 16.3. The maximum atomic E-state index is 14.1. The summed E-state index contributed by atoms with van der Waals surface area (Å²) >= 11 is 0. The first-order valence-corrected chi connectivity index (χ1v) is 22.7. The average Bonchev–Trinajstić information content (AvgIpc) is 3.08. The van der Waals surface area contributed by atoms with E-state index in [1.54, 1.807) is 6.92 Å². The molecule has 0 aliphatic carbocycles. The van der Waals surface area contributed by atoms with Gasteiger partial charge in [-0.05, 0) is 33.1 Å². The second-order valence-electron chi connectivity index (χ2n) is 14.6. The van der Waals surface area contributed by atoms with Crippen LogP contribution in [0.25, 0.3) is 0 Å². The molecule has 49 heavy (non-hydrogen) atoms. The lowest BCUT2D eigenvalue weighted by Gasteiger charge is -2.28. The Morgan fingerprint density at radius 1 is 0.531 bits per heavy atom. The zero-order valence-corrected chi connectivity index (χ0v) is 34.3. The Morgan fingerprint density at radius 3 is 1.16 bits per heavy atom. The van der Waals surface area contributed by atoms with Crippen LogP contribution in [-0.4, -0.2) is 31.4 Å². The predicted octanol–water partition coefficient (Wildman–Crippen LogP) is 14.8. The van der Waals surface area contributed by atoms with Crippen LogP contribution >= 0.6 is 7.82 Å². The molecule has 2 unspecified atom stereocenters. The Balaban J connectivity index is 5.03. The number of rotatable bonds is 39. The predicted molar refractivity (Wildman–Crippen MR) is 210 cm³/mol. The number of ether oxygens (including phenoxy) is 1. The van der Waals surface area contributed by atoms with Crippen molar-refractivity contribution in [3.63, 3.8) is 0 Å². The molecule has 0 aliphatic rings. The summed E-state index contributed by atoms with van der Waals surface area (Å²) < 4.78 is 38.0. The molecule has 0 aromatic carbocycles. The first kappa shape index (κ1) is 48.3. The number of unbranched alkanes of at least 4 members (excludes halogenated alkanes) is 26. The molecule has 7 heteroatoms. The monoisotopic (exact) mass is 715 g/mol. The molecule has 2 atom stereocenters. The summed E-state index contributed by atoms with van der Waals surface area (Å²) in [6.45, 7) is 14.6. The third-order valence-electron chi connectivity index (χ3n) is 9.52. The minimum Gasteiger partial charge on any atom is -0.457 e. The zero-order chi connectivity index (χ0) is 36.3. The third-order valence-corrected chi connectivity index (χ3v) is 11.0. The van der Waals surface area contributed by atoms with Crippen molar-refractivity contribution in [3.05, 3.63) is 12.2 Å². The lowest BCUT2D eigenvalue weighted by Crippen LogP contribution is -2.31. The number of esters is 1. The van der Waals surface area contributed by atoms with Crippen molar-refractivity contribution in [2.24, 2.45) is 0 Å². The number of carbonyl (C=O) groups excluding carboxylic acids is 1. The van der Waals surface area contributed by atoms with Crippen LogP contribution in [0.3, 0.4) is 0 Å². The Labute approximate surface area is 305 Å². The topological polar surface area (TPSA) is 71.1 Å². The van der Waals surface area contributed by atoms with Gasteiger partial charge in [-0.3, -0.25) is 13.6 Å². The Hall–Kier alpha value is -0.680. The molecular formula is C42H83O6P. The summed E-state index contributed by atoms with van der Waals surface area (Å²) in [4.78, 5) is 12.4. The van der Waals surface area contributed by atoms with Gasteiger partial charge >= 0.3 is 13.8 Å². The Morgan fingerprint density at radius 2 is 0.837 bits per heavy atom. The molecule has 0 fully saturated rings. The molecule has 0 N–H and O–H groups in total. The maximum absolute atomic E-state index is 14.1. The summed E-state index contributed by atoms with van der Waals surface area (Å²) in [5.41, 5.74) is 0.339. The van der Waals surface area contributed by atoms with Crippen molar-refractivity contribution >= 4 is 13.8 Å². The fraction of sp³-hybridized carbons (Fsp3) is 0.929. The largest absolute Gasteiger partial charge is 0.475 e. The molecule has 0 rings (SSSR count). The highest BCUT2D eigenvalue weighted by atomic mass is 31.2. The highest BCUT2D eigenvalue weighted by molar-refractivity contribution is 7.48. The molecule has 6 nitrogen and oxygen atoms in total. The van der Waals surface area contributed by atoms with E-state index < -0.39 is 26.0 Å². The summed E-state index contributed by atoms with van der Waals surface area (Å²) in [5, 5.41) is 0. The van der Waals surface area contributed by atoms with Crippen molar-refractivity contribution in [1.82, 2.24) is 0 Å². The highest BCUT2D eigenvalue weighted by Gasteiger charge is 2.34. The van der Waals surface area contributed by atoms with E-state index in [2.05, 4.69) is 27.4 Å². The lowest BCUT2D eigenvalue weighted by molar-refractivity contribution is -0.148. The number of hydrogen-bond donors (Lipinski definition) is 0. The minimum absolute atomic E-state index is 0.339. The van der Waals surface area contributed by atoms with Gasteiger partial charge in [0.1, 0.15) is 12.2 Å². The van der Waals surface area contributed by atoms with Crippen LogP contribution in [-0.2, 0) is 27.7 Å². The zero-order valence-electron chi connectivity index (χ0n) is 33.4. The van der Waals surface area contributed by atoms with Gasteiger partial charge < -0.3 is 4.74 Å². The van der Waals surface area contributed by atoms with E-state index in [-0.39, 0.29) is 0 Å². The van der Waals surface area contributed by atoms with Crippen LogP contribution in [0.4, 0.5) is 0 Å².